The summed E-state index contributed by atoms with van der Waals surface area (Å²) in [5.41, 5.74) is -0.225. The first-order valence-corrected chi connectivity index (χ1v) is 5.95. The fourth-order valence-corrected chi connectivity index (χ4v) is 1.71. The largest absolute Gasteiger partial charge is 0.374 e. The van der Waals surface area contributed by atoms with Gasteiger partial charge in [0, 0.05) is 19.6 Å². The number of likely N-dealkylation sites (N-methyl/N-ethyl adjacent to an activating group) is 1. The summed E-state index contributed by atoms with van der Waals surface area (Å²) in [5.74, 6) is 0. The van der Waals surface area contributed by atoms with E-state index in [0.29, 0.717) is 6.10 Å². The number of ether oxygens (including phenoxy) is 1. The maximum atomic E-state index is 8.87. The Hall–Kier alpha value is -0.630. The van der Waals surface area contributed by atoms with Crippen LogP contribution in [0.1, 0.15) is 20.3 Å². The van der Waals surface area contributed by atoms with Gasteiger partial charge in [0.1, 0.15) is 0 Å². The normalized spacial score (nSPS) is 23.0. The van der Waals surface area contributed by atoms with Crippen molar-refractivity contribution in [3.05, 3.63) is 0 Å². The lowest BCUT2D eigenvalue weighted by molar-refractivity contribution is -0.0181. The number of nitrogens with one attached hydrogen (secondary N) is 1. The van der Waals surface area contributed by atoms with Crippen molar-refractivity contribution in [1.82, 2.24) is 10.2 Å². The molecule has 1 unspecified atom stereocenters. The van der Waals surface area contributed by atoms with E-state index in [9.17, 15) is 0 Å². The summed E-state index contributed by atoms with van der Waals surface area (Å²) in [6.45, 7) is 8.55. The summed E-state index contributed by atoms with van der Waals surface area (Å²) in [5, 5.41) is 12.2. The first kappa shape index (κ1) is 13.4. The molecule has 0 radical (unpaired) electrons. The molecule has 1 rings (SSSR count). The van der Waals surface area contributed by atoms with E-state index in [-0.39, 0.29) is 5.41 Å². The minimum Gasteiger partial charge on any atom is -0.374 e. The molecule has 1 heterocycles. The van der Waals surface area contributed by atoms with Crippen LogP contribution in [0, 0.1) is 16.7 Å². The quantitative estimate of drug-likeness (QED) is 0.705. The number of morpholine rings is 1. The number of nitrogens with zero attached hydrogens (tertiary/aromatic N) is 2. The van der Waals surface area contributed by atoms with Gasteiger partial charge in [0.15, 0.2) is 0 Å². The lowest BCUT2D eigenvalue weighted by Gasteiger charge is -2.30. The first-order valence-electron chi connectivity index (χ1n) is 5.95. The Balaban J connectivity index is 2.09. The van der Waals surface area contributed by atoms with Crippen LogP contribution in [0.15, 0.2) is 0 Å². The molecule has 4 nitrogen and oxygen atoms in total. The molecule has 0 aliphatic carbocycles. The Labute approximate surface area is 98.6 Å². The zero-order valence-electron chi connectivity index (χ0n) is 10.6. The van der Waals surface area contributed by atoms with Gasteiger partial charge in [-0.15, -0.1) is 0 Å². The van der Waals surface area contributed by atoms with E-state index in [0.717, 1.165) is 39.2 Å². The lowest BCUT2D eigenvalue weighted by atomic mass is 9.91. The van der Waals surface area contributed by atoms with Gasteiger partial charge in [-0.1, -0.05) is 0 Å². The molecule has 0 bridgehead atoms. The van der Waals surface area contributed by atoms with E-state index in [1.807, 2.05) is 13.8 Å². The Morgan fingerprint density at radius 3 is 2.94 bits per heavy atom. The van der Waals surface area contributed by atoms with Crippen LogP contribution < -0.4 is 5.32 Å². The van der Waals surface area contributed by atoms with Crippen LogP contribution >= 0.6 is 0 Å². The maximum Gasteiger partial charge on any atom is 0.0826 e. The molecular formula is C12H23N3O. The van der Waals surface area contributed by atoms with Crippen molar-refractivity contribution in [3.8, 4) is 6.07 Å². The number of hydrogen-bond donors (Lipinski definition) is 1. The molecule has 1 N–H and O–H groups in total. The zero-order valence-corrected chi connectivity index (χ0v) is 10.6. The van der Waals surface area contributed by atoms with E-state index in [2.05, 4.69) is 23.3 Å². The highest BCUT2D eigenvalue weighted by Gasteiger charge is 2.18. The molecular weight excluding hydrogens is 202 g/mol. The van der Waals surface area contributed by atoms with Crippen molar-refractivity contribution in [2.75, 3.05) is 39.8 Å². The van der Waals surface area contributed by atoms with Crippen molar-refractivity contribution in [2.24, 2.45) is 5.41 Å². The fraction of sp³-hybridized carbons (Fsp3) is 0.917. The first-order chi connectivity index (χ1) is 7.53. The van der Waals surface area contributed by atoms with Gasteiger partial charge in [0.25, 0.3) is 0 Å². The highest BCUT2D eigenvalue weighted by Crippen LogP contribution is 2.17. The van der Waals surface area contributed by atoms with Crippen LogP contribution in [0.3, 0.4) is 0 Å². The molecule has 0 aromatic carbocycles. The summed E-state index contributed by atoms with van der Waals surface area (Å²) >= 11 is 0. The van der Waals surface area contributed by atoms with Crippen LogP contribution in [0.2, 0.25) is 0 Å². The van der Waals surface area contributed by atoms with Gasteiger partial charge in [-0.25, -0.2) is 0 Å². The zero-order chi connectivity index (χ0) is 12.0. The molecule has 1 atom stereocenters. The van der Waals surface area contributed by atoms with Gasteiger partial charge in [-0.2, -0.15) is 5.26 Å². The minimum atomic E-state index is -0.225. The highest BCUT2D eigenvalue weighted by atomic mass is 16.5. The third-order valence-corrected chi connectivity index (χ3v) is 2.94. The summed E-state index contributed by atoms with van der Waals surface area (Å²) in [4.78, 5) is 2.29. The fourth-order valence-electron chi connectivity index (χ4n) is 1.71. The number of rotatable bonds is 5. The molecule has 0 saturated carbocycles. The summed E-state index contributed by atoms with van der Waals surface area (Å²) in [6, 6.07) is 2.31. The van der Waals surface area contributed by atoms with Crippen LogP contribution in [-0.2, 0) is 4.74 Å². The van der Waals surface area contributed by atoms with Crippen molar-refractivity contribution >= 4 is 0 Å². The SMILES string of the molecule is CN1CCOC(CNCCC(C)(C)C#N)C1. The summed E-state index contributed by atoms with van der Waals surface area (Å²) in [6.07, 6.45) is 1.18. The molecule has 16 heavy (non-hydrogen) atoms. The average Bonchev–Trinajstić information content (AvgIpc) is 2.25. The van der Waals surface area contributed by atoms with Gasteiger partial charge in [0.2, 0.25) is 0 Å². The summed E-state index contributed by atoms with van der Waals surface area (Å²) < 4.78 is 5.64. The third kappa shape index (κ3) is 4.93. The van der Waals surface area contributed by atoms with Crippen LogP contribution in [0.25, 0.3) is 0 Å². The van der Waals surface area contributed by atoms with Gasteiger partial charge in [0.05, 0.1) is 24.2 Å². The Bertz CT molecular complexity index is 247. The molecule has 1 aliphatic rings. The van der Waals surface area contributed by atoms with Crippen molar-refractivity contribution < 1.29 is 4.74 Å². The van der Waals surface area contributed by atoms with E-state index >= 15 is 0 Å². The van der Waals surface area contributed by atoms with Gasteiger partial charge >= 0.3 is 0 Å². The van der Waals surface area contributed by atoms with E-state index < -0.39 is 0 Å². The van der Waals surface area contributed by atoms with Crippen molar-refractivity contribution in [3.63, 3.8) is 0 Å². The second kappa shape index (κ2) is 6.19. The molecule has 0 amide bonds. The van der Waals surface area contributed by atoms with E-state index in [1.165, 1.54) is 0 Å². The molecule has 0 aromatic heterocycles. The van der Waals surface area contributed by atoms with E-state index in [4.69, 9.17) is 10.00 Å². The highest BCUT2D eigenvalue weighted by molar-refractivity contribution is 4.91. The second-order valence-corrected chi connectivity index (χ2v) is 5.20. The Morgan fingerprint density at radius 1 is 1.56 bits per heavy atom. The van der Waals surface area contributed by atoms with Crippen molar-refractivity contribution in [1.29, 1.82) is 5.26 Å². The number of hydrogen-bond acceptors (Lipinski definition) is 4. The molecule has 1 fully saturated rings. The Kier molecular flexibility index (Phi) is 5.20. The Morgan fingerprint density at radius 2 is 2.31 bits per heavy atom. The number of nitriles is 1. The molecule has 4 heteroatoms. The molecule has 1 aliphatic heterocycles. The van der Waals surface area contributed by atoms with Crippen LogP contribution in [0.4, 0.5) is 0 Å². The second-order valence-electron chi connectivity index (χ2n) is 5.20. The molecule has 0 spiro atoms. The van der Waals surface area contributed by atoms with Gasteiger partial charge in [-0.3, -0.25) is 0 Å². The average molecular weight is 225 g/mol. The molecule has 0 aromatic rings. The van der Waals surface area contributed by atoms with Gasteiger partial charge < -0.3 is 15.0 Å². The lowest BCUT2D eigenvalue weighted by Crippen LogP contribution is -2.45. The molecule has 1 saturated heterocycles. The predicted molar refractivity (Wildman–Crippen MR) is 64.1 cm³/mol. The monoisotopic (exact) mass is 225 g/mol. The maximum absolute atomic E-state index is 8.87. The van der Waals surface area contributed by atoms with Crippen molar-refractivity contribution in [2.45, 2.75) is 26.4 Å². The topological polar surface area (TPSA) is 48.3 Å². The van der Waals surface area contributed by atoms with Crippen LogP contribution in [-0.4, -0.2) is 50.8 Å². The smallest absolute Gasteiger partial charge is 0.0826 e. The van der Waals surface area contributed by atoms with E-state index in [1.54, 1.807) is 0 Å². The van der Waals surface area contributed by atoms with Gasteiger partial charge in [-0.05, 0) is 33.9 Å². The summed E-state index contributed by atoms with van der Waals surface area (Å²) in [7, 11) is 2.12. The molecule has 92 valence electrons. The third-order valence-electron chi connectivity index (χ3n) is 2.94. The predicted octanol–water partition coefficient (Wildman–Crippen LogP) is 0.846. The van der Waals surface area contributed by atoms with Crippen LogP contribution in [0.5, 0.6) is 0 Å². The minimum absolute atomic E-state index is 0.225. The standard InChI is InChI=1S/C12H23N3O/c1-12(2,10-13)4-5-14-8-11-9-15(3)6-7-16-11/h11,14H,4-9H2,1-3H3.